The van der Waals surface area contributed by atoms with Crippen molar-refractivity contribution in [2.75, 3.05) is 13.7 Å². The van der Waals surface area contributed by atoms with Gasteiger partial charge in [-0.05, 0) is 38.0 Å². The normalized spacial score (nSPS) is 20.3. The van der Waals surface area contributed by atoms with Crippen molar-refractivity contribution in [3.8, 4) is 0 Å². The van der Waals surface area contributed by atoms with Crippen LogP contribution in [0.5, 0.6) is 0 Å². The highest BCUT2D eigenvalue weighted by molar-refractivity contribution is 5.80. The molecule has 1 aliphatic carbocycles. The van der Waals surface area contributed by atoms with E-state index in [1.807, 2.05) is 20.8 Å². The maximum atomic E-state index is 12.2. The van der Waals surface area contributed by atoms with E-state index in [2.05, 4.69) is 17.1 Å². The zero-order chi connectivity index (χ0) is 20.0. The van der Waals surface area contributed by atoms with Gasteiger partial charge in [0.25, 0.3) is 5.91 Å². The summed E-state index contributed by atoms with van der Waals surface area (Å²) in [6.45, 7) is 8.11. The monoisotopic (exact) mass is 379 g/mol. The number of likely N-dealkylation sites (N-methyl/N-ethyl adjacent to an activating group) is 1. The fourth-order valence-electron chi connectivity index (χ4n) is 3.19. The minimum Gasteiger partial charge on any atom is -0.456 e. The molecule has 1 saturated carbocycles. The molecular formula is C20H33N3O4. The number of aryl methyl sites for hydroxylation is 1. The molecule has 0 saturated heterocycles. The average Bonchev–Trinajstić information content (AvgIpc) is 3.09. The van der Waals surface area contributed by atoms with Gasteiger partial charge in [0, 0.05) is 31.3 Å². The molecule has 0 aromatic carbocycles. The smallest absolute Gasteiger partial charge is 0.306 e. The van der Waals surface area contributed by atoms with Crippen LogP contribution in [-0.2, 0) is 26.2 Å². The molecule has 7 nitrogen and oxygen atoms in total. The lowest BCUT2D eigenvalue weighted by Crippen LogP contribution is -2.41. The lowest BCUT2D eigenvalue weighted by molar-refractivity contribution is -0.152. The van der Waals surface area contributed by atoms with Crippen LogP contribution in [-0.4, -0.2) is 46.6 Å². The average molecular weight is 380 g/mol. The van der Waals surface area contributed by atoms with Gasteiger partial charge in [-0.2, -0.15) is 4.98 Å². The Bertz CT molecular complexity index is 627. The van der Waals surface area contributed by atoms with E-state index in [9.17, 15) is 9.59 Å². The molecule has 0 aliphatic heterocycles. The van der Waals surface area contributed by atoms with Crippen molar-refractivity contribution in [1.82, 2.24) is 15.0 Å². The molecule has 0 N–H and O–H groups in total. The number of rotatable bonds is 7. The van der Waals surface area contributed by atoms with E-state index in [1.165, 1.54) is 0 Å². The molecule has 1 aromatic rings. The van der Waals surface area contributed by atoms with Crippen LogP contribution in [0.25, 0.3) is 0 Å². The molecule has 2 rings (SSSR count). The molecule has 27 heavy (non-hydrogen) atoms. The van der Waals surface area contributed by atoms with E-state index in [4.69, 9.17) is 9.26 Å². The third-order valence-electron chi connectivity index (χ3n) is 5.19. The van der Waals surface area contributed by atoms with Crippen LogP contribution in [0.4, 0.5) is 0 Å². The van der Waals surface area contributed by atoms with Gasteiger partial charge < -0.3 is 14.2 Å². The second-order valence-electron chi connectivity index (χ2n) is 8.69. The third kappa shape index (κ3) is 6.63. The first-order valence-corrected chi connectivity index (χ1v) is 9.91. The number of aromatic nitrogens is 2. The van der Waals surface area contributed by atoms with E-state index in [0.717, 1.165) is 31.6 Å². The lowest BCUT2D eigenvalue weighted by atomic mass is 9.87. The van der Waals surface area contributed by atoms with Gasteiger partial charge in [-0.25, -0.2) is 0 Å². The summed E-state index contributed by atoms with van der Waals surface area (Å²) in [4.78, 5) is 30.2. The van der Waals surface area contributed by atoms with Gasteiger partial charge in [-0.1, -0.05) is 32.9 Å². The van der Waals surface area contributed by atoms with Gasteiger partial charge in [0.15, 0.2) is 12.4 Å². The van der Waals surface area contributed by atoms with Crippen molar-refractivity contribution in [3.05, 3.63) is 11.7 Å². The SMILES string of the molecule is CC1CCC(N(C)C(=O)COC(=O)CCCc2nc(C(C)(C)C)no2)CC1. The predicted molar refractivity (Wildman–Crippen MR) is 101 cm³/mol. The lowest BCUT2D eigenvalue weighted by Gasteiger charge is -2.33. The van der Waals surface area contributed by atoms with Gasteiger partial charge in [-0.3, -0.25) is 9.59 Å². The molecule has 0 unspecified atom stereocenters. The molecule has 1 heterocycles. The Morgan fingerprint density at radius 1 is 1.22 bits per heavy atom. The van der Waals surface area contributed by atoms with Crippen molar-refractivity contribution in [2.24, 2.45) is 5.92 Å². The molecule has 0 bridgehead atoms. The topological polar surface area (TPSA) is 85.5 Å². The summed E-state index contributed by atoms with van der Waals surface area (Å²) < 4.78 is 10.3. The Labute approximate surface area is 161 Å². The first kappa shape index (κ1) is 21.4. The Morgan fingerprint density at radius 3 is 2.48 bits per heavy atom. The van der Waals surface area contributed by atoms with Crippen molar-refractivity contribution >= 4 is 11.9 Å². The van der Waals surface area contributed by atoms with Crippen molar-refractivity contribution in [1.29, 1.82) is 0 Å². The van der Waals surface area contributed by atoms with Crippen molar-refractivity contribution < 1.29 is 18.8 Å². The third-order valence-corrected chi connectivity index (χ3v) is 5.19. The van der Waals surface area contributed by atoms with Gasteiger partial charge >= 0.3 is 5.97 Å². The van der Waals surface area contributed by atoms with E-state index >= 15 is 0 Å². The Kier molecular flexibility index (Phi) is 7.39. The van der Waals surface area contributed by atoms with Crippen LogP contribution >= 0.6 is 0 Å². The number of hydrogen-bond acceptors (Lipinski definition) is 6. The first-order chi connectivity index (χ1) is 12.7. The number of carbonyl (C=O) groups is 2. The van der Waals surface area contributed by atoms with E-state index in [-0.39, 0.29) is 36.4 Å². The van der Waals surface area contributed by atoms with Crippen LogP contribution in [0.2, 0.25) is 0 Å². The summed E-state index contributed by atoms with van der Waals surface area (Å²) in [6, 6.07) is 0.266. The second kappa shape index (κ2) is 9.33. The fourth-order valence-corrected chi connectivity index (χ4v) is 3.19. The molecule has 152 valence electrons. The van der Waals surface area contributed by atoms with Gasteiger partial charge in [-0.15, -0.1) is 0 Å². The van der Waals surface area contributed by atoms with Crippen LogP contribution in [0.3, 0.4) is 0 Å². The Hall–Kier alpha value is -1.92. The quantitative estimate of drug-likeness (QED) is 0.676. The highest BCUT2D eigenvalue weighted by atomic mass is 16.5. The molecule has 1 aliphatic rings. The van der Waals surface area contributed by atoms with Crippen LogP contribution in [0.1, 0.15) is 77.9 Å². The minimum absolute atomic E-state index is 0.130. The summed E-state index contributed by atoms with van der Waals surface area (Å²) in [7, 11) is 1.80. The summed E-state index contributed by atoms with van der Waals surface area (Å²) >= 11 is 0. The minimum atomic E-state index is -0.371. The number of esters is 1. The molecule has 7 heteroatoms. The van der Waals surface area contributed by atoms with Gasteiger partial charge in [0.05, 0.1) is 0 Å². The number of amides is 1. The Morgan fingerprint density at radius 2 is 1.89 bits per heavy atom. The highest BCUT2D eigenvalue weighted by Gasteiger charge is 2.25. The molecule has 0 atom stereocenters. The summed E-state index contributed by atoms with van der Waals surface area (Å²) in [5.74, 6) is 1.42. The summed E-state index contributed by atoms with van der Waals surface area (Å²) in [6.07, 6.45) is 5.64. The van der Waals surface area contributed by atoms with E-state index in [1.54, 1.807) is 11.9 Å². The van der Waals surface area contributed by atoms with Gasteiger partial charge in [0.1, 0.15) is 0 Å². The summed E-state index contributed by atoms with van der Waals surface area (Å²) in [5.41, 5.74) is -0.163. The van der Waals surface area contributed by atoms with Crippen LogP contribution in [0.15, 0.2) is 4.52 Å². The van der Waals surface area contributed by atoms with Gasteiger partial charge in [0.2, 0.25) is 5.89 Å². The van der Waals surface area contributed by atoms with Crippen molar-refractivity contribution in [2.45, 2.75) is 84.1 Å². The van der Waals surface area contributed by atoms with Crippen LogP contribution in [0, 0.1) is 5.92 Å². The first-order valence-electron chi connectivity index (χ1n) is 9.91. The maximum absolute atomic E-state index is 12.2. The second-order valence-corrected chi connectivity index (χ2v) is 8.69. The van der Waals surface area contributed by atoms with Crippen molar-refractivity contribution in [3.63, 3.8) is 0 Å². The molecule has 0 spiro atoms. The summed E-state index contributed by atoms with van der Waals surface area (Å²) in [5, 5.41) is 3.96. The standard InChI is InChI=1S/C20H33N3O4/c1-14-9-11-15(12-10-14)23(5)17(24)13-26-18(25)8-6-7-16-21-19(22-27-16)20(2,3)4/h14-15H,6-13H2,1-5H3. The number of ether oxygens (including phenoxy) is 1. The molecule has 1 fully saturated rings. The zero-order valence-corrected chi connectivity index (χ0v) is 17.3. The largest absolute Gasteiger partial charge is 0.456 e. The van der Waals surface area contributed by atoms with E-state index < -0.39 is 0 Å². The predicted octanol–water partition coefficient (Wildman–Crippen LogP) is 3.27. The molecular weight excluding hydrogens is 346 g/mol. The molecule has 0 radical (unpaired) electrons. The van der Waals surface area contributed by atoms with Crippen LogP contribution < -0.4 is 0 Å². The van der Waals surface area contributed by atoms with E-state index in [0.29, 0.717) is 24.6 Å². The zero-order valence-electron chi connectivity index (χ0n) is 17.3. The number of hydrogen-bond donors (Lipinski definition) is 0. The molecule has 1 aromatic heterocycles. The maximum Gasteiger partial charge on any atom is 0.306 e. The molecule has 1 amide bonds. The Balaban J connectivity index is 1.65. The number of nitrogens with zero attached hydrogens (tertiary/aromatic N) is 3. The fraction of sp³-hybridized carbons (Fsp3) is 0.800. The highest BCUT2D eigenvalue weighted by Crippen LogP contribution is 2.26. The number of carbonyl (C=O) groups excluding carboxylic acids is 2.